The van der Waals surface area contributed by atoms with Crippen molar-refractivity contribution in [3.63, 3.8) is 0 Å². The van der Waals surface area contributed by atoms with Gasteiger partial charge in [-0.05, 0) is 49.8 Å². The molecule has 5 nitrogen and oxygen atoms in total. The summed E-state index contributed by atoms with van der Waals surface area (Å²) in [4.78, 5) is 22.7. The monoisotopic (exact) mass is 309 g/mol. The van der Waals surface area contributed by atoms with Crippen LogP contribution in [-0.2, 0) is 9.53 Å². The van der Waals surface area contributed by atoms with Gasteiger partial charge in [0.25, 0.3) is 0 Å². The van der Waals surface area contributed by atoms with Crippen LogP contribution in [-0.4, -0.2) is 30.2 Å². The first-order valence-corrected chi connectivity index (χ1v) is 7.46. The molecule has 1 aliphatic heterocycles. The van der Waals surface area contributed by atoms with Gasteiger partial charge in [-0.2, -0.15) is 0 Å². The summed E-state index contributed by atoms with van der Waals surface area (Å²) in [5, 5.41) is 11.3. The number of anilines is 1. The number of amides is 1. The third kappa shape index (κ3) is 4.80. The third-order valence-electron chi connectivity index (χ3n) is 3.84. The lowest BCUT2D eigenvalue weighted by atomic mass is 9.94. The molecule has 0 saturated carbocycles. The normalized spacial score (nSPS) is 15.5. The van der Waals surface area contributed by atoms with Gasteiger partial charge < -0.3 is 15.2 Å². The number of halogens is 1. The van der Waals surface area contributed by atoms with E-state index in [1.807, 2.05) is 0 Å². The molecule has 6 heteroatoms. The van der Waals surface area contributed by atoms with Crippen molar-refractivity contribution in [3.8, 4) is 0 Å². The van der Waals surface area contributed by atoms with Crippen LogP contribution in [0, 0.1) is 11.7 Å². The first-order valence-electron chi connectivity index (χ1n) is 7.46. The number of benzene rings is 1. The Morgan fingerprint density at radius 3 is 2.73 bits per heavy atom. The summed E-state index contributed by atoms with van der Waals surface area (Å²) < 4.78 is 18.9. The molecule has 0 aliphatic carbocycles. The molecule has 2 N–H and O–H groups in total. The van der Waals surface area contributed by atoms with Gasteiger partial charge in [0.05, 0.1) is 11.3 Å². The molecule has 1 fully saturated rings. The number of carboxylic acid groups (broad SMARTS) is 1. The minimum atomic E-state index is -1.16. The molecule has 0 unspecified atom stereocenters. The van der Waals surface area contributed by atoms with Gasteiger partial charge in [0.2, 0.25) is 5.91 Å². The van der Waals surface area contributed by atoms with E-state index in [9.17, 15) is 14.0 Å². The van der Waals surface area contributed by atoms with Gasteiger partial charge in [0.1, 0.15) is 5.82 Å². The van der Waals surface area contributed by atoms with Crippen LogP contribution in [0.5, 0.6) is 0 Å². The van der Waals surface area contributed by atoms with Crippen LogP contribution >= 0.6 is 0 Å². The predicted molar refractivity (Wildman–Crippen MR) is 79.4 cm³/mol. The molecule has 0 bridgehead atoms. The van der Waals surface area contributed by atoms with Crippen molar-refractivity contribution in [2.24, 2.45) is 5.92 Å². The third-order valence-corrected chi connectivity index (χ3v) is 3.84. The fourth-order valence-corrected chi connectivity index (χ4v) is 2.55. The molecule has 2 rings (SSSR count). The summed E-state index contributed by atoms with van der Waals surface area (Å²) in [6.07, 6.45) is 4.03. The highest BCUT2D eigenvalue weighted by molar-refractivity contribution is 5.94. The van der Waals surface area contributed by atoms with Crippen LogP contribution in [0.4, 0.5) is 10.1 Å². The molecular formula is C16H20FNO4. The quantitative estimate of drug-likeness (QED) is 0.847. The molecular weight excluding hydrogens is 289 g/mol. The number of rotatable bonds is 6. The van der Waals surface area contributed by atoms with Crippen molar-refractivity contribution in [2.75, 3.05) is 18.5 Å². The zero-order valence-corrected chi connectivity index (χ0v) is 12.3. The molecule has 1 saturated heterocycles. The summed E-state index contributed by atoms with van der Waals surface area (Å²) >= 11 is 0. The van der Waals surface area contributed by atoms with Gasteiger partial charge in [-0.1, -0.05) is 0 Å². The lowest BCUT2D eigenvalue weighted by Crippen LogP contribution is -2.17. The summed E-state index contributed by atoms with van der Waals surface area (Å²) in [5.41, 5.74) is -0.144. The lowest BCUT2D eigenvalue weighted by molar-refractivity contribution is -0.116. The van der Waals surface area contributed by atoms with Gasteiger partial charge >= 0.3 is 5.97 Å². The van der Waals surface area contributed by atoms with E-state index in [-0.39, 0.29) is 17.2 Å². The molecule has 0 atom stereocenters. The van der Waals surface area contributed by atoms with Crippen LogP contribution < -0.4 is 5.32 Å². The van der Waals surface area contributed by atoms with Crippen LogP contribution in [0.1, 0.15) is 42.5 Å². The maximum absolute atomic E-state index is 13.6. The number of hydrogen-bond donors (Lipinski definition) is 2. The fraction of sp³-hybridized carbons (Fsp3) is 0.500. The Morgan fingerprint density at radius 1 is 1.32 bits per heavy atom. The van der Waals surface area contributed by atoms with Gasteiger partial charge in [0.15, 0.2) is 0 Å². The molecule has 1 aliphatic rings. The first-order chi connectivity index (χ1) is 10.6. The predicted octanol–water partition coefficient (Wildman–Crippen LogP) is 3.06. The lowest BCUT2D eigenvalue weighted by Gasteiger charge is -2.21. The number of ether oxygens (including phenoxy) is 1. The topological polar surface area (TPSA) is 75.6 Å². The Labute approximate surface area is 128 Å². The number of aromatic carboxylic acids is 1. The molecule has 0 radical (unpaired) electrons. The number of nitrogens with one attached hydrogen (secondary N) is 1. The molecule has 1 aromatic carbocycles. The van der Waals surface area contributed by atoms with E-state index >= 15 is 0 Å². The minimum Gasteiger partial charge on any atom is -0.478 e. The number of hydrogen-bond acceptors (Lipinski definition) is 3. The van der Waals surface area contributed by atoms with E-state index in [0.29, 0.717) is 12.3 Å². The zero-order chi connectivity index (χ0) is 15.9. The highest BCUT2D eigenvalue weighted by Crippen LogP contribution is 2.21. The molecule has 120 valence electrons. The Kier molecular flexibility index (Phi) is 5.89. The van der Waals surface area contributed by atoms with Gasteiger partial charge in [0, 0.05) is 19.6 Å². The van der Waals surface area contributed by atoms with Crippen LogP contribution in [0.25, 0.3) is 0 Å². The standard InChI is InChI=1S/C16H20FNO4/c17-13-5-4-12(16(20)21)10-14(13)18-15(19)3-1-2-11-6-8-22-9-7-11/h4-5,10-11H,1-3,6-9H2,(H,18,19)(H,20,21). The maximum atomic E-state index is 13.6. The van der Waals surface area contributed by atoms with Crippen molar-refractivity contribution in [3.05, 3.63) is 29.6 Å². The Bertz CT molecular complexity index is 541. The summed E-state index contributed by atoms with van der Waals surface area (Å²) in [6.45, 7) is 1.56. The van der Waals surface area contributed by atoms with Crippen molar-refractivity contribution in [2.45, 2.75) is 32.1 Å². The fourth-order valence-electron chi connectivity index (χ4n) is 2.55. The SMILES string of the molecule is O=C(CCCC1CCOCC1)Nc1cc(C(=O)O)ccc1F. The minimum absolute atomic E-state index is 0.0566. The number of carboxylic acids is 1. The molecule has 22 heavy (non-hydrogen) atoms. The van der Waals surface area contributed by atoms with Crippen molar-refractivity contribution in [1.82, 2.24) is 0 Å². The zero-order valence-electron chi connectivity index (χ0n) is 12.3. The van der Waals surface area contributed by atoms with E-state index in [2.05, 4.69) is 5.32 Å². The van der Waals surface area contributed by atoms with Crippen LogP contribution in [0.3, 0.4) is 0 Å². The average molecular weight is 309 g/mol. The molecule has 1 heterocycles. The second-order valence-corrected chi connectivity index (χ2v) is 5.50. The van der Waals surface area contributed by atoms with Crippen LogP contribution in [0.15, 0.2) is 18.2 Å². The van der Waals surface area contributed by atoms with Gasteiger partial charge in [-0.3, -0.25) is 4.79 Å². The second-order valence-electron chi connectivity index (χ2n) is 5.50. The molecule has 0 spiro atoms. The number of carbonyl (C=O) groups is 2. The largest absolute Gasteiger partial charge is 0.478 e. The Morgan fingerprint density at radius 2 is 2.05 bits per heavy atom. The van der Waals surface area contributed by atoms with E-state index in [4.69, 9.17) is 9.84 Å². The average Bonchev–Trinajstić information content (AvgIpc) is 2.50. The highest BCUT2D eigenvalue weighted by Gasteiger charge is 2.15. The van der Waals surface area contributed by atoms with Crippen LogP contribution in [0.2, 0.25) is 0 Å². The van der Waals surface area contributed by atoms with E-state index in [1.165, 1.54) is 6.07 Å². The van der Waals surface area contributed by atoms with E-state index in [1.54, 1.807) is 0 Å². The van der Waals surface area contributed by atoms with E-state index in [0.717, 1.165) is 51.0 Å². The van der Waals surface area contributed by atoms with Crippen molar-refractivity contribution >= 4 is 17.6 Å². The van der Waals surface area contributed by atoms with Crippen molar-refractivity contribution in [1.29, 1.82) is 0 Å². The Balaban J connectivity index is 1.81. The van der Waals surface area contributed by atoms with Crippen molar-refractivity contribution < 1.29 is 23.8 Å². The summed E-state index contributed by atoms with van der Waals surface area (Å²) in [7, 11) is 0. The molecule has 1 amide bonds. The van der Waals surface area contributed by atoms with Gasteiger partial charge in [-0.25, -0.2) is 9.18 Å². The van der Waals surface area contributed by atoms with Gasteiger partial charge in [-0.15, -0.1) is 0 Å². The summed E-state index contributed by atoms with van der Waals surface area (Å²) in [6, 6.07) is 3.34. The molecule has 1 aromatic rings. The Hall–Kier alpha value is -1.95. The smallest absolute Gasteiger partial charge is 0.335 e. The first kappa shape index (κ1) is 16.4. The maximum Gasteiger partial charge on any atom is 0.335 e. The summed E-state index contributed by atoms with van der Waals surface area (Å²) in [5.74, 6) is -1.50. The highest BCUT2D eigenvalue weighted by atomic mass is 19.1. The number of carbonyl (C=O) groups excluding carboxylic acids is 1. The van der Waals surface area contributed by atoms with E-state index < -0.39 is 11.8 Å². The molecule has 0 aromatic heterocycles. The second kappa shape index (κ2) is 7.89.